The molecule has 16 heteroatoms. The van der Waals surface area contributed by atoms with Gasteiger partial charge in [0.2, 0.25) is 16.9 Å². The van der Waals surface area contributed by atoms with E-state index in [4.69, 9.17) is 4.74 Å². The maximum absolute atomic E-state index is 13.4. The molecule has 0 bridgehead atoms. The molecule has 0 radical (unpaired) electrons. The van der Waals surface area contributed by atoms with Gasteiger partial charge in [0.15, 0.2) is 6.61 Å². The summed E-state index contributed by atoms with van der Waals surface area (Å²) in [5, 5.41) is 26.4. The first-order chi connectivity index (χ1) is 19.8. The number of fused-ring (bicyclic) bond motifs is 1. The molecule has 3 N–H and O–H groups in total. The quantitative estimate of drug-likeness (QED) is 0.205. The van der Waals surface area contributed by atoms with E-state index in [0.717, 1.165) is 0 Å². The molecule has 0 spiro atoms. The summed E-state index contributed by atoms with van der Waals surface area (Å²) in [5.74, 6) is -2.09. The molecule has 1 aromatic carbocycles. The molecule has 0 aliphatic carbocycles. The number of carboxylic acids is 1. The zero-order valence-corrected chi connectivity index (χ0v) is 23.2. The molecule has 2 aliphatic rings. The second-order valence-corrected chi connectivity index (χ2v) is 10.9. The smallest absolute Gasteiger partial charge is 0.352 e. The fraction of sp³-hybridized carbons (Fsp3) is 0.280. The number of aryl methyl sites for hydroxylation is 1. The molecule has 212 valence electrons. The van der Waals surface area contributed by atoms with Gasteiger partial charge in [0.25, 0.3) is 11.8 Å². The number of β-lactam (4-membered cyclic amide) rings is 1. The molecular formula is C25H24N8O6S2. The van der Waals surface area contributed by atoms with Crippen molar-refractivity contribution in [2.75, 3.05) is 18.1 Å². The number of benzene rings is 1. The highest BCUT2D eigenvalue weighted by atomic mass is 32.2. The number of ether oxygens (including phenoxy) is 1. The topological polar surface area (TPSA) is 182 Å². The summed E-state index contributed by atoms with van der Waals surface area (Å²) in [6, 6.07) is 11.5. The van der Waals surface area contributed by atoms with Gasteiger partial charge in [-0.15, -0.1) is 16.9 Å². The number of hydrogen-bond donors (Lipinski definition) is 3. The lowest BCUT2D eigenvalue weighted by Crippen LogP contribution is -2.71. The zero-order valence-electron chi connectivity index (χ0n) is 21.5. The van der Waals surface area contributed by atoms with E-state index in [9.17, 15) is 24.3 Å². The number of aromatic nitrogens is 5. The monoisotopic (exact) mass is 596 g/mol. The first-order valence-corrected chi connectivity index (χ1v) is 14.3. The van der Waals surface area contributed by atoms with Crippen molar-refractivity contribution in [3.8, 4) is 5.88 Å². The van der Waals surface area contributed by atoms with Gasteiger partial charge in [-0.05, 0) is 27.6 Å². The lowest BCUT2D eigenvalue weighted by atomic mass is 10.0. The zero-order chi connectivity index (χ0) is 28.9. The number of aliphatic carboxylic acids is 1. The van der Waals surface area contributed by atoms with Crippen molar-refractivity contribution in [1.82, 2.24) is 40.7 Å². The number of pyridine rings is 1. The molecule has 3 amide bonds. The average molecular weight is 597 g/mol. The molecule has 41 heavy (non-hydrogen) atoms. The van der Waals surface area contributed by atoms with Gasteiger partial charge in [0, 0.05) is 30.8 Å². The Morgan fingerprint density at radius 2 is 1.98 bits per heavy atom. The number of amides is 3. The standard InChI is InChI=1S/C25H24N8O6S2/c1-32-25(29-30-31-32)41-13-15-12-40-23-19(22(36)33(23)20(15)24(37)38)28-21(35)18(14-7-3-2-4-8-14)27-16(34)11-39-17-9-5-6-10-26-17/h2-10,18-19,23H,11-13H2,1H3,(H,27,34)(H,28,35)(H,37,38)/t18-,19?,23-/m1/s1. The van der Waals surface area contributed by atoms with Crippen LogP contribution < -0.4 is 15.4 Å². The van der Waals surface area contributed by atoms with Gasteiger partial charge in [-0.1, -0.05) is 48.2 Å². The number of nitrogens with one attached hydrogen (secondary N) is 2. The Bertz CT molecular complexity index is 1490. The van der Waals surface area contributed by atoms with Crippen LogP contribution in [0.3, 0.4) is 0 Å². The maximum Gasteiger partial charge on any atom is 0.352 e. The number of rotatable bonds is 11. The van der Waals surface area contributed by atoms with Crippen molar-refractivity contribution >= 4 is 47.2 Å². The second kappa shape index (κ2) is 12.4. The van der Waals surface area contributed by atoms with E-state index in [1.807, 2.05) is 0 Å². The molecule has 2 aliphatic heterocycles. The normalized spacial score (nSPS) is 18.7. The molecule has 1 fully saturated rings. The Labute approximate surface area is 241 Å². The maximum atomic E-state index is 13.4. The minimum absolute atomic E-state index is 0.105. The fourth-order valence-electron chi connectivity index (χ4n) is 4.25. The number of hydrogen-bond acceptors (Lipinski definition) is 11. The SMILES string of the molecule is Cn1nnnc1SCC1=C(C(=O)O)N2C(=O)C(NC(=O)[C@H](NC(=O)COc3ccccn3)c3ccccc3)[C@H]2SC1. The third kappa shape index (κ3) is 6.17. The molecule has 5 rings (SSSR count). The summed E-state index contributed by atoms with van der Waals surface area (Å²) in [4.78, 5) is 56.6. The first kappa shape index (κ1) is 28.1. The van der Waals surface area contributed by atoms with E-state index >= 15 is 0 Å². The Kier molecular flexibility index (Phi) is 8.49. The van der Waals surface area contributed by atoms with Gasteiger partial charge < -0.3 is 20.5 Å². The van der Waals surface area contributed by atoms with Crippen LogP contribution in [-0.2, 0) is 26.2 Å². The number of carboxylic acid groups (broad SMARTS) is 1. The molecule has 2 aromatic heterocycles. The van der Waals surface area contributed by atoms with E-state index < -0.39 is 41.1 Å². The summed E-state index contributed by atoms with van der Waals surface area (Å²) in [6.45, 7) is -0.375. The predicted octanol–water partition coefficient (Wildman–Crippen LogP) is 0.372. The number of carbonyl (C=O) groups is 4. The van der Waals surface area contributed by atoms with Crippen LogP contribution in [-0.4, -0.2) is 88.4 Å². The Morgan fingerprint density at radius 3 is 2.66 bits per heavy atom. The predicted molar refractivity (Wildman–Crippen MR) is 146 cm³/mol. The summed E-state index contributed by atoms with van der Waals surface area (Å²) >= 11 is 2.61. The van der Waals surface area contributed by atoms with E-state index in [1.165, 1.54) is 39.3 Å². The molecule has 4 heterocycles. The average Bonchev–Trinajstić information content (AvgIpc) is 3.40. The minimum Gasteiger partial charge on any atom is -0.477 e. The molecule has 3 aromatic rings. The summed E-state index contributed by atoms with van der Waals surface area (Å²) in [5.41, 5.74) is 0.943. The molecule has 1 saturated heterocycles. The summed E-state index contributed by atoms with van der Waals surface area (Å²) in [7, 11) is 1.67. The van der Waals surface area contributed by atoms with Crippen LogP contribution in [0.5, 0.6) is 5.88 Å². The van der Waals surface area contributed by atoms with E-state index in [1.54, 1.807) is 55.6 Å². The second-order valence-electron chi connectivity index (χ2n) is 8.89. The Balaban J connectivity index is 1.26. The molecule has 0 saturated carbocycles. The highest BCUT2D eigenvalue weighted by Crippen LogP contribution is 2.41. The third-order valence-electron chi connectivity index (χ3n) is 6.19. The van der Waals surface area contributed by atoms with Gasteiger partial charge in [-0.2, -0.15) is 0 Å². The van der Waals surface area contributed by atoms with Crippen molar-refractivity contribution in [3.63, 3.8) is 0 Å². The van der Waals surface area contributed by atoms with Gasteiger partial charge in [0.1, 0.15) is 23.2 Å². The fourth-order valence-corrected chi connectivity index (χ4v) is 6.58. The van der Waals surface area contributed by atoms with Crippen molar-refractivity contribution < 1.29 is 29.0 Å². The Hall–Kier alpha value is -4.44. The van der Waals surface area contributed by atoms with Crippen LogP contribution >= 0.6 is 23.5 Å². The van der Waals surface area contributed by atoms with Crippen molar-refractivity contribution in [3.05, 3.63) is 71.6 Å². The van der Waals surface area contributed by atoms with Crippen LogP contribution in [0.25, 0.3) is 0 Å². The van der Waals surface area contributed by atoms with Crippen molar-refractivity contribution in [1.29, 1.82) is 0 Å². The van der Waals surface area contributed by atoms with E-state index in [0.29, 0.717) is 22.0 Å². The largest absolute Gasteiger partial charge is 0.477 e. The van der Waals surface area contributed by atoms with Gasteiger partial charge >= 0.3 is 5.97 Å². The number of tetrazole rings is 1. The number of nitrogens with zero attached hydrogens (tertiary/aromatic N) is 6. The van der Waals surface area contributed by atoms with Crippen LogP contribution in [0.2, 0.25) is 0 Å². The highest BCUT2D eigenvalue weighted by Gasteiger charge is 2.54. The minimum atomic E-state index is -1.23. The molecular weight excluding hydrogens is 572 g/mol. The van der Waals surface area contributed by atoms with Crippen LogP contribution in [0.4, 0.5) is 0 Å². The highest BCUT2D eigenvalue weighted by molar-refractivity contribution is 8.01. The van der Waals surface area contributed by atoms with Gasteiger partial charge in [-0.3, -0.25) is 19.3 Å². The molecule has 14 nitrogen and oxygen atoms in total. The van der Waals surface area contributed by atoms with E-state index in [2.05, 4.69) is 31.1 Å². The third-order valence-corrected chi connectivity index (χ3v) is 8.63. The van der Waals surface area contributed by atoms with Crippen LogP contribution in [0.1, 0.15) is 11.6 Å². The van der Waals surface area contributed by atoms with E-state index in [-0.39, 0.29) is 23.9 Å². The molecule has 1 unspecified atom stereocenters. The Morgan fingerprint density at radius 1 is 1.20 bits per heavy atom. The van der Waals surface area contributed by atoms with Gasteiger partial charge in [0.05, 0.1) is 0 Å². The van der Waals surface area contributed by atoms with Crippen molar-refractivity contribution in [2.24, 2.45) is 7.05 Å². The van der Waals surface area contributed by atoms with Crippen molar-refractivity contribution in [2.45, 2.75) is 22.6 Å². The number of carbonyl (C=O) groups excluding carboxylic acids is 3. The number of thioether (sulfide) groups is 2. The summed E-state index contributed by atoms with van der Waals surface area (Å²) in [6.07, 6.45) is 1.53. The molecule has 3 atom stereocenters. The first-order valence-electron chi connectivity index (χ1n) is 12.3. The van der Waals surface area contributed by atoms with Crippen LogP contribution in [0, 0.1) is 0 Å². The summed E-state index contributed by atoms with van der Waals surface area (Å²) < 4.78 is 6.86. The van der Waals surface area contributed by atoms with Gasteiger partial charge in [-0.25, -0.2) is 14.5 Å². The van der Waals surface area contributed by atoms with Crippen LogP contribution in [0.15, 0.2) is 71.2 Å². The lowest BCUT2D eigenvalue weighted by Gasteiger charge is -2.49. The lowest BCUT2D eigenvalue weighted by molar-refractivity contribution is -0.151.